The van der Waals surface area contributed by atoms with Crippen LogP contribution in [0.25, 0.3) is 5.76 Å². The molecule has 3 rings (SSSR count). The van der Waals surface area contributed by atoms with Gasteiger partial charge in [0.15, 0.2) is 0 Å². The molecule has 0 aliphatic carbocycles. The monoisotopic (exact) mass is 416 g/mol. The van der Waals surface area contributed by atoms with Crippen molar-refractivity contribution < 1.29 is 29.5 Å². The molecule has 9 nitrogen and oxygen atoms in total. The second-order valence-electron chi connectivity index (χ2n) is 6.18. The minimum absolute atomic E-state index is 0.121. The van der Waals surface area contributed by atoms with Crippen molar-refractivity contribution in [1.29, 1.82) is 0 Å². The summed E-state index contributed by atoms with van der Waals surface area (Å²) < 4.78 is 0. The van der Waals surface area contributed by atoms with Crippen molar-refractivity contribution in [2.24, 2.45) is 0 Å². The van der Waals surface area contributed by atoms with Gasteiger partial charge in [0, 0.05) is 22.7 Å². The Bertz CT molecular complexity index is 1060. The van der Waals surface area contributed by atoms with Gasteiger partial charge in [-0.1, -0.05) is 23.7 Å². The lowest BCUT2D eigenvalue weighted by Gasteiger charge is -2.23. The molecule has 0 bridgehead atoms. The van der Waals surface area contributed by atoms with Crippen LogP contribution in [0.3, 0.4) is 0 Å². The van der Waals surface area contributed by atoms with Crippen LogP contribution in [0.1, 0.15) is 17.2 Å². The molecule has 148 valence electrons. The van der Waals surface area contributed by atoms with E-state index in [1.165, 1.54) is 42.5 Å². The van der Waals surface area contributed by atoms with Gasteiger partial charge in [-0.05, 0) is 29.8 Å². The zero-order chi connectivity index (χ0) is 21.3. The van der Waals surface area contributed by atoms with E-state index in [4.69, 9.17) is 16.7 Å². The van der Waals surface area contributed by atoms with Crippen molar-refractivity contribution in [3.63, 3.8) is 0 Å². The third-order valence-electron chi connectivity index (χ3n) is 4.36. The lowest BCUT2D eigenvalue weighted by atomic mass is 9.95. The number of carbonyl (C=O) groups excluding carboxylic acids is 2. The Morgan fingerprint density at radius 1 is 1.14 bits per heavy atom. The molecule has 1 saturated heterocycles. The maximum Gasteiger partial charge on any atom is 0.323 e. The molecule has 2 aromatic carbocycles. The number of nitro groups is 1. The third kappa shape index (κ3) is 3.81. The van der Waals surface area contributed by atoms with Crippen molar-refractivity contribution in [2.45, 2.75) is 6.04 Å². The number of carbonyl (C=O) groups is 3. The normalized spacial score (nSPS) is 18.1. The summed E-state index contributed by atoms with van der Waals surface area (Å²) in [7, 11) is 0. The molecule has 1 amide bonds. The number of aliphatic hydroxyl groups excluding tert-OH is 1. The second kappa shape index (κ2) is 7.72. The summed E-state index contributed by atoms with van der Waals surface area (Å²) >= 11 is 5.82. The first-order valence-electron chi connectivity index (χ1n) is 8.21. The number of benzene rings is 2. The third-order valence-corrected chi connectivity index (χ3v) is 4.61. The highest BCUT2D eigenvalue weighted by Crippen LogP contribution is 2.40. The standard InChI is InChI=1S/C19H13ClN2O7/c20-12-6-4-10(5-7-12)17(25)15-16(11-2-1-3-13(8-11)22(28)29)21(9-14(23)24)19(27)18(15)26/h1-8,16,25H,9H2,(H,23,24)/t16-/m1/s1. The highest BCUT2D eigenvalue weighted by Gasteiger charge is 2.47. The second-order valence-corrected chi connectivity index (χ2v) is 6.62. The Balaban J connectivity index is 2.22. The van der Waals surface area contributed by atoms with Gasteiger partial charge in [0.25, 0.3) is 17.4 Å². The average Bonchev–Trinajstić information content (AvgIpc) is 2.92. The zero-order valence-corrected chi connectivity index (χ0v) is 15.4. The van der Waals surface area contributed by atoms with Crippen LogP contribution < -0.4 is 0 Å². The van der Waals surface area contributed by atoms with Crippen molar-refractivity contribution >= 4 is 40.7 Å². The fraction of sp³-hybridized carbons (Fsp3) is 0.105. The first kappa shape index (κ1) is 20.0. The zero-order valence-electron chi connectivity index (χ0n) is 14.6. The molecular weight excluding hydrogens is 404 g/mol. The molecule has 0 radical (unpaired) electrons. The molecule has 0 saturated carbocycles. The highest BCUT2D eigenvalue weighted by atomic mass is 35.5. The van der Waals surface area contributed by atoms with E-state index in [0.717, 1.165) is 11.0 Å². The molecule has 1 heterocycles. The van der Waals surface area contributed by atoms with Gasteiger partial charge in [-0.3, -0.25) is 24.5 Å². The molecule has 0 aromatic heterocycles. The molecule has 1 atom stereocenters. The summed E-state index contributed by atoms with van der Waals surface area (Å²) in [5.41, 5.74) is -0.373. The number of hydrogen-bond acceptors (Lipinski definition) is 6. The topological polar surface area (TPSA) is 138 Å². The quantitative estimate of drug-likeness (QED) is 0.251. The average molecular weight is 417 g/mol. The van der Waals surface area contributed by atoms with Gasteiger partial charge in [-0.15, -0.1) is 0 Å². The number of amides is 1. The summed E-state index contributed by atoms with van der Waals surface area (Å²) in [6.45, 7) is -0.824. The largest absolute Gasteiger partial charge is 0.507 e. The van der Waals surface area contributed by atoms with Gasteiger partial charge >= 0.3 is 5.97 Å². The van der Waals surface area contributed by atoms with E-state index >= 15 is 0 Å². The SMILES string of the molecule is O=C(O)CN1C(=O)C(=O)C(=C(O)c2ccc(Cl)cc2)[C@H]1c1cccc([N+](=O)[O-])c1. The van der Waals surface area contributed by atoms with Gasteiger partial charge in [0.1, 0.15) is 12.3 Å². The summed E-state index contributed by atoms with van der Waals surface area (Å²) in [6, 6.07) is 9.57. The van der Waals surface area contributed by atoms with Gasteiger partial charge < -0.3 is 15.1 Å². The molecule has 1 aliphatic heterocycles. The summed E-state index contributed by atoms with van der Waals surface area (Å²) in [4.78, 5) is 47.5. The molecule has 1 fully saturated rings. The fourth-order valence-electron chi connectivity index (χ4n) is 3.11. The van der Waals surface area contributed by atoms with Crippen molar-refractivity contribution in [3.8, 4) is 0 Å². The van der Waals surface area contributed by atoms with Crippen LogP contribution in [-0.4, -0.2) is 44.2 Å². The predicted molar refractivity (Wildman–Crippen MR) is 101 cm³/mol. The van der Waals surface area contributed by atoms with Crippen LogP contribution in [0.15, 0.2) is 54.1 Å². The number of aliphatic hydroxyl groups is 1. The van der Waals surface area contributed by atoms with Crippen molar-refractivity contribution in [1.82, 2.24) is 4.90 Å². The minimum Gasteiger partial charge on any atom is -0.507 e. The van der Waals surface area contributed by atoms with Gasteiger partial charge in [0.05, 0.1) is 16.5 Å². The number of nitrogens with zero attached hydrogens (tertiary/aromatic N) is 2. The maximum absolute atomic E-state index is 12.6. The Kier molecular flexibility index (Phi) is 5.33. The van der Waals surface area contributed by atoms with Crippen molar-refractivity contribution in [2.75, 3.05) is 6.54 Å². The van der Waals surface area contributed by atoms with E-state index in [2.05, 4.69) is 0 Å². The van der Waals surface area contributed by atoms with Gasteiger partial charge in [-0.25, -0.2) is 0 Å². The Labute approximate surface area is 168 Å². The summed E-state index contributed by atoms with van der Waals surface area (Å²) in [5, 5.41) is 31.4. The first-order valence-corrected chi connectivity index (χ1v) is 8.59. The van der Waals surface area contributed by atoms with Crippen molar-refractivity contribution in [3.05, 3.63) is 80.4 Å². The molecule has 1 aliphatic rings. The van der Waals surface area contributed by atoms with Crippen LogP contribution in [-0.2, 0) is 14.4 Å². The Hall–Kier alpha value is -3.72. The number of likely N-dealkylation sites (tertiary alicyclic amines) is 1. The number of ketones is 1. The van der Waals surface area contributed by atoms with E-state index in [-0.39, 0.29) is 22.4 Å². The van der Waals surface area contributed by atoms with Crippen LogP contribution in [0.2, 0.25) is 5.02 Å². The van der Waals surface area contributed by atoms with E-state index in [9.17, 15) is 29.6 Å². The molecule has 10 heteroatoms. The van der Waals surface area contributed by atoms with E-state index in [1.807, 2.05) is 0 Å². The van der Waals surface area contributed by atoms with E-state index in [1.54, 1.807) is 0 Å². The fourth-order valence-corrected chi connectivity index (χ4v) is 3.23. The Morgan fingerprint density at radius 2 is 1.79 bits per heavy atom. The molecule has 2 N–H and O–H groups in total. The number of hydrogen-bond donors (Lipinski definition) is 2. The number of rotatable bonds is 5. The number of halogens is 1. The van der Waals surface area contributed by atoms with Crippen LogP contribution in [0.4, 0.5) is 5.69 Å². The predicted octanol–water partition coefficient (Wildman–Crippen LogP) is 2.75. The molecule has 0 spiro atoms. The van der Waals surface area contributed by atoms with Crippen LogP contribution >= 0.6 is 11.6 Å². The first-order chi connectivity index (χ1) is 13.7. The summed E-state index contributed by atoms with van der Waals surface area (Å²) in [5.74, 6) is -4.13. The van der Waals surface area contributed by atoms with E-state index in [0.29, 0.717) is 5.02 Å². The maximum atomic E-state index is 12.6. The van der Waals surface area contributed by atoms with E-state index < -0.39 is 40.9 Å². The highest BCUT2D eigenvalue weighted by molar-refractivity contribution is 6.46. The van der Waals surface area contributed by atoms with Gasteiger partial charge in [0.2, 0.25) is 0 Å². The number of non-ortho nitro benzene ring substituents is 1. The number of aliphatic carboxylic acids is 1. The molecule has 0 unspecified atom stereocenters. The molecule has 29 heavy (non-hydrogen) atoms. The molecular formula is C19H13ClN2O7. The summed E-state index contributed by atoms with van der Waals surface area (Å²) in [6.07, 6.45) is 0. The smallest absolute Gasteiger partial charge is 0.323 e. The Morgan fingerprint density at radius 3 is 2.38 bits per heavy atom. The van der Waals surface area contributed by atoms with Crippen LogP contribution in [0, 0.1) is 10.1 Å². The lowest BCUT2D eigenvalue weighted by molar-refractivity contribution is -0.384. The number of Topliss-reactive ketones (excluding diaryl/α,β-unsaturated/α-hetero) is 1. The van der Waals surface area contributed by atoms with Crippen LogP contribution in [0.5, 0.6) is 0 Å². The lowest BCUT2D eigenvalue weighted by Crippen LogP contribution is -2.34. The number of carboxylic acid groups (broad SMARTS) is 1. The van der Waals surface area contributed by atoms with Gasteiger partial charge in [-0.2, -0.15) is 0 Å². The molecule has 2 aromatic rings. The minimum atomic E-state index is -1.38. The number of carboxylic acids is 1. The number of nitro benzene ring substituents is 1.